The van der Waals surface area contributed by atoms with Crippen molar-refractivity contribution >= 4 is 21.6 Å². The van der Waals surface area contributed by atoms with E-state index in [1.807, 2.05) is 24.3 Å². The van der Waals surface area contributed by atoms with E-state index in [1.165, 1.54) is 6.07 Å². The molecule has 0 atom stereocenters. The molecule has 0 saturated heterocycles. The molecule has 1 N–H and O–H groups in total. The smallest absolute Gasteiger partial charge is 0.174 e. The number of nitrogens with zero attached hydrogens (tertiary/aromatic N) is 1. The van der Waals surface area contributed by atoms with Gasteiger partial charge in [-0.25, -0.2) is 4.39 Å². The summed E-state index contributed by atoms with van der Waals surface area (Å²) in [6.45, 7) is 0.569. The summed E-state index contributed by atoms with van der Waals surface area (Å²) in [6.07, 6.45) is 0. The molecule has 2 rings (SSSR count). The maximum atomic E-state index is 13.4. The van der Waals surface area contributed by atoms with E-state index >= 15 is 0 Å². The number of nitriles is 1. The Morgan fingerprint density at radius 2 is 2.10 bits per heavy atom. The lowest BCUT2D eigenvalue weighted by molar-refractivity contribution is 0.368. The lowest BCUT2D eigenvalue weighted by Gasteiger charge is -2.09. The summed E-state index contributed by atoms with van der Waals surface area (Å²) in [5.74, 6) is 0.342. The first-order valence-corrected chi connectivity index (χ1v) is 6.76. The highest BCUT2D eigenvalue weighted by atomic mass is 79.9. The first-order chi connectivity index (χ1) is 9.69. The van der Waals surface area contributed by atoms with Gasteiger partial charge in [0.25, 0.3) is 0 Å². The highest BCUT2D eigenvalue weighted by molar-refractivity contribution is 9.10. The van der Waals surface area contributed by atoms with Crippen LogP contribution in [-0.2, 0) is 6.54 Å². The van der Waals surface area contributed by atoms with Gasteiger partial charge in [0.1, 0.15) is 17.6 Å². The van der Waals surface area contributed by atoms with Crippen LogP contribution in [0.4, 0.5) is 10.1 Å². The minimum absolute atomic E-state index is 0.0226. The van der Waals surface area contributed by atoms with Gasteiger partial charge in [-0.2, -0.15) is 5.26 Å². The molecule has 0 aromatic heterocycles. The molecule has 102 valence electrons. The summed E-state index contributed by atoms with van der Waals surface area (Å²) in [4.78, 5) is 0. The highest BCUT2D eigenvalue weighted by Gasteiger charge is 2.01. The van der Waals surface area contributed by atoms with Crippen LogP contribution in [0.25, 0.3) is 0 Å². The molecule has 0 bridgehead atoms. The number of anilines is 1. The number of rotatable bonds is 5. The van der Waals surface area contributed by atoms with Crippen molar-refractivity contribution in [3.8, 4) is 11.8 Å². The standard InChI is InChI=1S/C15H12BrFN2O/c16-14-5-4-12(9-15(14)17)19-10-11-2-1-3-13(8-11)20-7-6-18/h1-5,8-9,19H,7,10H2. The molecule has 2 aromatic carbocycles. The normalized spacial score (nSPS) is 9.85. The Morgan fingerprint density at radius 1 is 1.25 bits per heavy atom. The second kappa shape index (κ2) is 6.92. The first kappa shape index (κ1) is 14.4. The Morgan fingerprint density at radius 3 is 2.85 bits per heavy atom. The minimum Gasteiger partial charge on any atom is -0.479 e. The molecule has 20 heavy (non-hydrogen) atoms. The highest BCUT2D eigenvalue weighted by Crippen LogP contribution is 2.20. The topological polar surface area (TPSA) is 45.0 Å². The van der Waals surface area contributed by atoms with Crippen LogP contribution in [0.3, 0.4) is 0 Å². The zero-order valence-electron chi connectivity index (χ0n) is 10.6. The predicted octanol–water partition coefficient (Wildman–Crippen LogP) is 4.10. The SMILES string of the molecule is N#CCOc1cccc(CNc2ccc(Br)c(F)c2)c1. The van der Waals surface area contributed by atoms with E-state index in [0.717, 1.165) is 5.56 Å². The Labute approximate surface area is 125 Å². The summed E-state index contributed by atoms with van der Waals surface area (Å²) >= 11 is 3.11. The van der Waals surface area contributed by atoms with Gasteiger partial charge in [-0.1, -0.05) is 12.1 Å². The largest absolute Gasteiger partial charge is 0.479 e. The van der Waals surface area contributed by atoms with Crippen molar-refractivity contribution in [2.75, 3.05) is 11.9 Å². The molecule has 0 spiro atoms. The average molecular weight is 335 g/mol. The lowest BCUT2D eigenvalue weighted by Crippen LogP contribution is -2.01. The molecule has 0 aliphatic carbocycles. The molecule has 0 fully saturated rings. The number of hydrogen-bond donors (Lipinski definition) is 1. The third kappa shape index (κ3) is 3.97. The van der Waals surface area contributed by atoms with Crippen molar-refractivity contribution in [1.29, 1.82) is 5.26 Å². The molecule has 0 saturated carbocycles. The van der Waals surface area contributed by atoms with E-state index in [1.54, 1.807) is 18.2 Å². The van der Waals surface area contributed by atoms with Crippen LogP contribution in [0.2, 0.25) is 0 Å². The fraction of sp³-hybridized carbons (Fsp3) is 0.133. The van der Waals surface area contributed by atoms with Crippen molar-refractivity contribution in [1.82, 2.24) is 0 Å². The molecule has 0 amide bonds. The molecule has 5 heteroatoms. The number of ether oxygens (including phenoxy) is 1. The second-order valence-corrected chi connectivity index (χ2v) is 4.93. The van der Waals surface area contributed by atoms with Gasteiger partial charge in [0.15, 0.2) is 6.61 Å². The van der Waals surface area contributed by atoms with Crippen LogP contribution in [0.15, 0.2) is 46.9 Å². The molecule has 2 aromatic rings. The van der Waals surface area contributed by atoms with E-state index in [0.29, 0.717) is 22.5 Å². The minimum atomic E-state index is -0.305. The van der Waals surface area contributed by atoms with Crippen LogP contribution in [0, 0.1) is 17.1 Å². The Bertz CT molecular complexity index is 640. The molecular formula is C15H12BrFN2O. The molecule has 0 aliphatic rings. The first-order valence-electron chi connectivity index (χ1n) is 5.96. The van der Waals surface area contributed by atoms with Crippen LogP contribution in [0.1, 0.15) is 5.56 Å². The quantitative estimate of drug-likeness (QED) is 0.895. The van der Waals surface area contributed by atoms with Crippen LogP contribution < -0.4 is 10.1 Å². The van der Waals surface area contributed by atoms with Crippen molar-refractivity contribution in [2.45, 2.75) is 6.54 Å². The summed E-state index contributed by atoms with van der Waals surface area (Å²) in [5, 5.41) is 11.6. The van der Waals surface area contributed by atoms with Crippen molar-refractivity contribution < 1.29 is 9.13 Å². The van der Waals surface area contributed by atoms with Crippen LogP contribution in [0.5, 0.6) is 5.75 Å². The van der Waals surface area contributed by atoms with Gasteiger partial charge in [-0.3, -0.25) is 0 Å². The second-order valence-electron chi connectivity index (χ2n) is 4.08. The van der Waals surface area contributed by atoms with Gasteiger partial charge in [-0.15, -0.1) is 0 Å². The van der Waals surface area contributed by atoms with Gasteiger partial charge >= 0.3 is 0 Å². The number of nitrogens with one attached hydrogen (secondary N) is 1. The van der Waals surface area contributed by atoms with E-state index in [9.17, 15) is 4.39 Å². The third-order valence-corrected chi connectivity index (χ3v) is 3.26. The summed E-state index contributed by atoms with van der Waals surface area (Å²) in [5.41, 5.74) is 1.69. The van der Waals surface area contributed by atoms with Gasteiger partial charge in [-0.05, 0) is 51.8 Å². The summed E-state index contributed by atoms with van der Waals surface area (Å²) in [6, 6.07) is 14.2. The maximum Gasteiger partial charge on any atom is 0.174 e. The molecule has 0 heterocycles. The monoisotopic (exact) mass is 334 g/mol. The summed E-state index contributed by atoms with van der Waals surface area (Å²) < 4.78 is 19.0. The Kier molecular flexibility index (Phi) is 4.97. The van der Waals surface area contributed by atoms with E-state index in [2.05, 4.69) is 21.2 Å². The zero-order chi connectivity index (χ0) is 14.4. The average Bonchev–Trinajstić information content (AvgIpc) is 2.47. The van der Waals surface area contributed by atoms with Crippen LogP contribution in [-0.4, -0.2) is 6.61 Å². The van der Waals surface area contributed by atoms with Crippen molar-refractivity contribution in [3.63, 3.8) is 0 Å². The van der Waals surface area contributed by atoms with Gasteiger partial charge in [0.2, 0.25) is 0 Å². The van der Waals surface area contributed by atoms with Crippen molar-refractivity contribution in [3.05, 3.63) is 58.3 Å². The number of halogens is 2. The van der Waals surface area contributed by atoms with E-state index in [4.69, 9.17) is 10.00 Å². The van der Waals surface area contributed by atoms with Gasteiger partial charge < -0.3 is 10.1 Å². The predicted molar refractivity (Wildman–Crippen MR) is 79.0 cm³/mol. The fourth-order valence-corrected chi connectivity index (χ4v) is 1.92. The molecule has 3 nitrogen and oxygen atoms in total. The Balaban J connectivity index is 1.99. The van der Waals surface area contributed by atoms with Crippen molar-refractivity contribution in [2.24, 2.45) is 0 Å². The maximum absolute atomic E-state index is 13.4. The number of hydrogen-bond acceptors (Lipinski definition) is 3. The molecule has 0 radical (unpaired) electrons. The fourth-order valence-electron chi connectivity index (χ4n) is 1.67. The summed E-state index contributed by atoms with van der Waals surface area (Å²) in [7, 11) is 0. The third-order valence-electron chi connectivity index (χ3n) is 2.62. The van der Waals surface area contributed by atoms with E-state index < -0.39 is 0 Å². The Hall–Kier alpha value is -2.06. The van der Waals surface area contributed by atoms with E-state index in [-0.39, 0.29) is 12.4 Å². The number of benzene rings is 2. The van der Waals surface area contributed by atoms with Gasteiger partial charge in [0.05, 0.1) is 4.47 Å². The molecular weight excluding hydrogens is 323 g/mol. The molecule has 0 aliphatic heterocycles. The zero-order valence-corrected chi connectivity index (χ0v) is 12.2. The van der Waals surface area contributed by atoms with Crippen LogP contribution >= 0.6 is 15.9 Å². The molecule has 0 unspecified atom stereocenters. The lowest BCUT2D eigenvalue weighted by atomic mass is 10.2. The van der Waals surface area contributed by atoms with Gasteiger partial charge in [0, 0.05) is 12.2 Å².